The first-order valence-corrected chi connectivity index (χ1v) is 11.6. The average Bonchev–Trinajstić information content (AvgIpc) is 3.25. The third-order valence-electron chi connectivity index (χ3n) is 5.93. The second-order valence-electron chi connectivity index (χ2n) is 8.17. The number of nitrogens with one attached hydrogen (secondary N) is 1. The maximum absolute atomic E-state index is 13.2. The van der Waals surface area contributed by atoms with Gasteiger partial charge in [0, 0.05) is 18.4 Å². The van der Waals surface area contributed by atoms with Crippen molar-refractivity contribution in [3.05, 3.63) is 93.2 Å². The number of halogens is 2. The van der Waals surface area contributed by atoms with E-state index in [1.807, 2.05) is 35.0 Å². The number of barbiturate groups is 1. The van der Waals surface area contributed by atoms with Gasteiger partial charge in [0.2, 0.25) is 0 Å². The Labute approximate surface area is 207 Å². The van der Waals surface area contributed by atoms with E-state index in [-0.39, 0.29) is 5.57 Å². The zero-order valence-electron chi connectivity index (χ0n) is 18.7. The number of carbonyl (C=O) groups is 3. The van der Waals surface area contributed by atoms with Gasteiger partial charge in [0.15, 0.2) is 0 Å². The summed E-state index contributed by atoms with van der Waals surface area (Å²) in [7, 11) is 0. The van der Waals surface area contributed by atoms with Gasteiger partial charge in [-0.15, -0.1) is 0 Å². The lowest BCUT2D eigenvalue weighted by Gasteiger charge is -2.26. The third kappa shape index (κ3) is 4.79. The topological polar surface area (TPSA) is 71.4 Å². The van der Waals surface area contributed by atoms with Crippen LogP contribution in [0.15, 0.2) is 66.4 Å². The van der Waals surface area contributed by atoms with E-state index in [4.69, 9.17) is 23.2 Å². The maximum Gasteiger partial charge on any atom is 0.335 e. The molecule has 0 saturated carbocycles. The summed E-state index contributed by atoms with van der Waals surface area (Å²) in [6, 6.07) is 15.4. The molecule has 34 heavy (non-hydrogen) atoms. The molecule has 174 valence electrons. The van der Waals surface area contributed by atoms with Crippen molar-refractivity contribution in [1.82, 2.24) is 9.88 Å². The number of nitrogens with zero attached hydrogens (tertiary/aromatic N) is 2. The Morgan fingerprint density at radius 1 is 1.00 bits per heavy atom. The zero-order valence-corrected chi connectivity index (χ0v) is 20.2. The summed E-state index contributed by atoms with van der Waals surface area (Å²) in [6.07, 6.45) is 4.30. The molecule has 3 aromatic rings. The predicted octanol–water partition coefficient (Wildman–Crippen LogP) is 6.02. The molecule has 8 heteroatoms. The van der Waals surface area contributed by atoms with Crippen molar-refractivity contribution < 1.29 is 14.4 Å². The number of urea groups is 1. The molecule has 4 rings (SSSR count). The maximum atomic E-state index is 13.2. The molecule has 4 amide bonds. The molecule has 1 atom stereocenters. The number of anilines is 1. The van der Waals surface area contributed by atoms with E-state index in [0.29, 0.717) is 33.9 Å². The summed E-state index contributed by atoms with van der Waals surface area (Å²) < 4.78 is 1.87. The number of benzene rings is 2. The molecule has 2 aromatic carbocycles. The van der Waals surface area contributed by atoms with Gasteiger partial charge in [-0.3, -0.25) is 14.9 Å². The van der Waals surface area contributed by atoms with E-state index in [0.717, 1.165) is 22.4 Å². The van der Waals surface area contributed by atoms with Crippen LogP contribution >= 0.6 is 23.2 Å². The van der Waals surface area contributed by atoms with E-state index < -0.39 is 17.8 Å². The van der Waals surface area contributed by atoms with Crippen molar-refractivity contribution in [1.29, 1.82) is 0 Å². The number of hydrogen-bond acceptors (Lipinski definition) is 3. The minimum Gasteiger partial charge on any atom is -0.344 e. The van der Waals surface area contributed by atoms with E-state index in [1.165, 1.54) is 6.08 Å². The summed E-state index contributed by atoms with van der Waals surface area (Å²) in [5, 5.41) is 3.18. The Balaban J connectivity index is 1.63. The fraction of sp³-hybridized carbons (Fsp3) is 0.192. The Bertz CT molecular complexity index is 1290. The van der Waals surface area contributed by atoms with E-state index in [1.54, 1.807) is 30.3 Å². The average molecular weight is 496 g/mol. The Morgan fingerprint density at radius 3 is 2.41 bits per heavy atom. The molecular formula is C26H23Cl2N3O3. The molecule has 0 radical (unpaired) electrons. The second kappa shape index (κ2) is 9.87. The van der Waals surface area contributed by atoms with E-state index in [9.17, 15) is 14.4 Å². The van der Waals surface area contributed by atoms with Crippen LogP contribution < -0.4 is 10.2 Å². The molecule has 2 heterocycles. The van der Waals surface area contributed by atoms with E-state index in [2.05, 4.69) is 19.2 Å². The van der Waals surface area contributed by atoms with Gasteiger partial charge in [0.25, 0.3) is 11.8 Å². The molecule has 1 N–H and O–H groups in total. The fourth-order valence-electron chi connectivity index (χ4n) is 3.76. The molecule has 1 unspecified atom stereocenters. The molecule has 1 fully saturated rings. The zero-order chi connectivity index (χ0) is 24.4. The number of hydrogen-bond donors (Lipinski definition) is 1. The monoisotopic (exact) mass is 495 g/mol. The van der Waals surface area contributed by atoms with Gasteiger partial charge in [0.1, 0.15) is 5.57 Å². The first kappa shape index (κ1) is 23.8. The highest BCUT2D eigenvalue weighted by molar-refractivity contribution is 6.42. The van der Waals surface area contributed by atoms with Gasteiger partial charge in [-0.1, -0.05) is 55.2 Å². The molecule has 6 nitrogen and oxygen atoms in total. The smallest absolute Gasteiger partial charge is 0.335 e. The van der Waals surface area contributed by atoms with Crippen LogP contribution in [0, 0.1) is 0 Å². The van der Waals surface area contributed by atoms with Crippen LogP contribution in [0.3, 0.4) is 0 Å². The molecule has 1 saturated heterocycles. The summed E-state index contributed by atoms with van der Waals surface area (Å²) in [5.74, 6) is -1.04. The van der Waals surface area contributed by atoms with Gasteiger partial charge in [-0.05, 0) is 65.9 Å². The van der Waals surface area contributed by atoms with Crippen molar-refractivity contribution in [3.63, 3.8) is 0 Å². The fourth-order valence-corrected chi connectivity index (χ4v) is 4.09. The van der Waals surface area contributed by atoms with Crippen molar-refractivity contribution in [2.75, 3.05) is 4.90 Å². The molecule has 0 bridgehead atoms. The normalized spacial score (nSPS) is 16.2. The summed E-state index contributed by atoms with van der Waals surface area (Å²) >= 11 is 12.1. The number of imide groups is 2. The Morgan fingerprint density at radius 2 is 1.74 bits per heavy atom. The van der Waals surface area contributed by atoms with Gasteiger partial charge in [-0.2, -0.15) is 0 Å². The number of rotatable bonds is 6. The van der Waals surface area contributed by atoms with Crippen molar-refractivity contribution >= 4 is 52.8 Å². The van der Waals surface area contributed by atoms with Gasteiger partial charge in [0.05, 0.1) is 15.7 Å². The van der Waals surface area contributed by atoms with Crippen LogP contribution in [0.5, 0.6) is 0 Å². The van der Waals surface area contributed by atoms with Crippen molar-refractivity contribution in [3.8, 4) is 0 Å². The van der Waals surface area contributed by atoms with Crippen molar-refractivity contribution in [2.45, 2.75) is 32.7 Å². The minimum atomic E-state index is -0.769. The molecular weight excluding hydrogens is 473 g/mol. The summed E-state index contributed by atoms with van der Waals surface area (Å²) in [6.45, 7) is 4.67. The van der Waals surface area contributed by atoms with E-state index >= 15 is 0 Å². The van der Waals surface area contributed by atoms with Crippen molar-refractivity contribution in [2.24, 2.45) is 0 Å². The van der Waals surface area contributed by atoms with Crippen LogP contribution in [0.25, 0.3) is 6.08 Å². The van der Waals surface area contributed by atoms with Crippen LogP contribution in [0.1, 0.15) is 43.0 Å². The van der Waals surface area contributed by atoms with Crippen LogP contribution in [0.4, 0.5) is 10.5 Å². The quantitative estimate of drug-likeness (QED) is 0.335. The second-order valence-corrected chi connectivity index (χ2v) is 8.98. The first-order valence-electron chi connectivity index (χ1n) is 10.9. The molecule has 0 aliphatic carbocycles. The Kier molecular flexibility index (Phi) is 6.91. The Hall–Kier alpha value is -3.35. The molecule has 1 aliphatic heterocycles. The lowest BCUT2D eigenvalue weighted by Crippen LogP contribution is -2.54. The SMILES string of the molecule is CCC(C)c1ccc(N2C(=O)NC(=O)C(=Cc3cccn3Cc3ccc(Cl)c(Cl)c3)C2=O)cc1. The van der Waals surface area contributed by atoms with Gasteiger partial charge >= 0.3 is 6.03 Å². The van der Waals surface area contributed by atoms with Gasteiger partial charge < -0.3 is 4.57 Å². The number of aromatic nitrogens is 1. The highest BCUT2D eigenvalue weighted by atomic mass is 35.5. The third-order valence-corrected chi connectivity index (χ3v) is 6.67. The lowest BCUT2D eigenvalue weighted by molar-refractivity contribution is -0.122. The van der Waals surface area contributed by atoms with Crippen LogP contribution in [0.2, 0.25) is 10.0 Å². The summed E-state index contributed by atoms with van der Waals surface area (Å²) in [4.78, 5) is 39.3. The lowest BCUT2D eigenvalue weighted by atomic mass is 9.98. The molecule has 1 aliphatic rings. The van der Waals surface area contributed by atoms with Gasteiger partial charge in [-0.25, -0.2) is 9.69 Å². The number of carbonyl (C=O) groups excluding carboxylic acids is 3. The molecule has 0 spiro atoms. The minimum absolute atomic E-state index is 0.125. The first-order chi connectivity index (χ1) is 16.3. The molecule has 1 aromatic heterocycles. The summed E-state index contributed by atoms with van der Waals surface area (Å²) in [5.41, 5.74) is 2.93. The predicted molar refractivity (Wildman–Crippen MR) is 134 cm³/mol. The highest BCUT2D eigenvalue weighted by Gasteiger charge is 2.37. The standard InChI is InChI=1S/C26H23Cl2N3O3/c1-3-16(2)18-7-9-19(10-8-18)31-25(33)21(24(32)29-26(31)34)14-20-5-4-12-30(20)15-17-6-11-22(27)23(28)13-17/h4-14,16H,3,15H2,1-2H3,(H,29,32,34). The van der Waals surface area contributed by atoms with Crippen LogP contribution in [-0.2, 0) is 16.1 Å². The largest absolute Gasteiger partial charge is 0.344 e. The number of amides is 4. The highest BCUT2D eigenvalue weighted by Crippen LogP contribution is 2.26. The van der Waals surface area contributed by atoms with Crippen LogP contribution in [-0.4, -0.2) is 22.4 Å².